The van der Waals surface area contributed by atoms with Crippen molar-refractivity contribution in [1.82, 2.24) is 0 Å². The van der Waals surface area contributed by atoms with E-state index in [1.165, 1.54) is 11.8 Å². The van der Waals surface area contributed by atoms with Crippen LogP contribution in [0.15, 0.2) is 96.9 Å². The first-order valence-corrected chi connectivity index (χ1v) is 12.8. The van der Waals surface area contributed by atoms with Gasteiger partial charge in [-0.15, -0.1) is 0 Å². The lowest BCUT2D eigenvalue weighted by Crippen LogP contribution is -1.92. The Kier molecular flexibility index (Phi) is 7.93. The number of halogens is 6. The Morgan fingerprint density at radius 2 is 1.06 bits per heavy atom. The number of hydrogen-bond acceptors (Lipinski definition) is 3. The van der Waals surface area contributed by atoms with Gasteiger partial charge >= 0.3 is 0 Å². The Morgan fingerprint density at radius 1 is 0.606 bits per heavy atom. The number of ether oxygens (including phenoxy) is 1. The molecule has 0 saturated heterocycles. The maximum Gasteiger partial charge on any atom is 0.160 e. The Morgan fingerprint density at radius 3 is 1.64 bits per heavy atom. The van der Waals surface area contributed by atoms with Gasteiger partial charge in [-0.3, -0.25) is 0 Å². The van der Waals surface area contributed by atoms with Crippen molar-refractivity contribution in [3.8, 4) is 11.5 Å². The zero-order chi connectivity index (χ0) is 23.5. The van der Waals surface area contributed by atoms with Crippen molar-refractivity contribution >= 4 is 62.0 Å². The highest BCUT2D eigenvalue weighted by atomic mass is 127. The molecule has 4 aromatic rings. The van der Waals surface area contributed by atoms with Crippen molar-refractivity contribution in [2.45, 2.75) is 19.6 Å². The van der Waals surface area contributed by atoms with E-state index in [0.717, 1.165) is 45.4 Å². The van der Waals surface area contributed by atoms with Crippen molar-refractivity contribution in [2.24, 2.45) is 0 Å². The first-order chi connectivity index (χ1) is 15.8. The molecule has 0 amide bonds. The molecule has 0 radical (unpaired) electrons. The third-order valence-corrected chi connectivity index (χ3v) is 8.38. The molecule has 0 atom stereocenters. The molecule has 4 rings (SSSR count). The lowest BCUT2D eigenvalue weighted by molar-refractivity contribution is 0.482. The van der Waals surface area contributed by atoms with Crippen LogP contribution >= 0.6 is 62.0 Å². The van der Waals surface area contributed by atoms with Gasteiger partial charge in [0.15, 0.2) is 23.3 Å². The van der Waals surface area contributed by atoms with Crippen LogP contribution < -0.4 is 4.74 Å². The summed E-state index contributed by atoms with van der Waals surface area (Å²) in [4.78, 5) is 2.01. The minimum atomic E-state index is -1.02. The molecule has 0 aliphatic carbocycles. The average Bonchev–Trinajstić information content (AvgIpc) is 2.78. The molecule has 9 heteroatoms. The summed E-state index contributed by atoms with van der Waals surface area (Å²) in [5.41, 5.74) is 0. The third kappa shape index (κ3) is 6.26. The number of rotatable bonds is 6. The van der Waals surface area contributed by atoms with Gasteiger partial charge in [-0.1, -0.05) is 39.5 Å². The zero-order valence-electron chi connectivity index (χ0n) is 16.4. The Balaban J connectivity index is 1.57. The van der Waals surface area contributed by atoms with Gasteiger partial charge in [0.1, 0.15) is 11.5 Å². The van der Waals surface area contributed by atoms with Crippen molar-refractivity contribution in [3.05, 3.63) is 104 Å². The molecule has 0 fully saturated rings. The van der Waals surface area contributed by atoms with Crippen LogP contribution in [0.25, 0.3) is 0 Å². The van der Waals surface area contributed by atoms with Crippen LogP contribution in [-0.4, -0.2) is 0 Å². The monoisotopic (exact) mass is 662 g/mol. The lowest BCUT2D eigenvalue weighted by atomic mass is 10.3. The van der Waals surface area contributed by atoms with Crippen LogP contribution in [0.1, 0.15) is 0 Å². The van der Waals surface area contributed by atoms with E-state index in [9.17, 15) is 17.6 Å². The molecule has 0 aliphatic heterocycles. The number of benzene rings is 4. The Hall–Kier alpha value is -1.69. The van der Waals surface area contributed by atoms with Crippen molar-refractivity contribution < 1.29 is 22.3 Å². The van der Waals surface area contributed by atoms with Crippen LogP contribution in [0.4, 0.5) is 17.6 Å². The van der Waals surface area contributed by atoms with E-state index < -0.39 is 23.3 Å². The summed E-state index contributed by atoms with van der Waals surface area (Å²) in [5, 5.41) is 0. The smallest absolute Gasteiger partial charge is 0.160 e. The van der Waals surface area contributed by atoms with Gasteiger partial charge in [0, 0.05) is 27.6 Å². The second-order valence-corrected chi connectivity index (χ2v) is 10.9. The van der Waals surface area contributed by atoms with Crippen molar-refractivity contribution in [1.29, 1.82) is 0 Å². The molecule has 0 aromatic heterocycles. The van der Waals surface area contributed by atoms with E-state index in [1.807, 2.05) is 46.9 Å². The van der Waals surface area contributed by atoms with E-state index in [0.29, 0.717) is 29.8 Å². The molecular weight excluding hydrogens is 651 g/mol. The highest BCUT2D eigenvalue weighted by molar-refractivity contribution is 14.1. The topological polar surface area (TPSA) is 9.23 Å². The molecule has 1 nitrogen and oxygen atoms in total. The molecule has 168 valence electrons. The van der Waals surface area contributed by atoms with Gasteiger partial charge in [0.2, 0.25) is 0 Å². The van der Waals surface area contributed by atoms with E-state index in [2.05, 4.69) is 15.9 Å². The largest absolute Gasteiger partial charge is 0.457 e. The molecule has 0 saturated carbocycles. The van der Waals surface area contributed by atoms with Crippen LogP contribution in [0, 0.1) is 26.8 Å². The second-order valence-electron chi connectivity index (χ2n) is 6.64. The third-order valence-electron chi connectivity index (χ3n) is 4.28. The Bertz CT molecular complexity index is 1300. The molecule has 0 bridgehead atoms. The first-order valence-electron chi connectivity index (χ1n) is 9.31. The van der Waals surface area contributed by atoms with E-state index >= 15 is 0 Å². The normalized spacial score (nSPS) is 11.0. The summed E-state index contributed by atoms with van der Waals surface area (Å²) >= 11 is 7.52. The highest BCUT2D eigenvalue weighted by Crippen LogP contribution is 2.42. The van der Waals surface area contributed by atoms with E-state index in [1.54, 1.807) is 24.3 Å². The fourth-order valence-electron chi connectivity index (χ4n) is 2.71. The molecule has 0 heterocycles. The van der Waals surface area contributed by atoms with E-state index in [4.69, 9.17) is 4.74 Å². The minimum Gasteiger partial charge on any atom is -0.457 e. The summed E-state index contributed by atoms with van der Waals surface area (Å²) in [6, 6.07) is 18.8. The average molecular weight is 663 g/mol. The molecule has 0 unspecified atom stereocenters. The predicted octanol–water partition coefficient (Wildman–Crippen LogP) is 9.70. The van der Waals surface area contributed by atoms with Gasteiger partial charge in [0.25, 0.3) is 0 Å². The van der Waals surface area contributed by atoms with Crippen molar-refractivity contribution in [2.75, 3.05) is 0 Å². The molecule has 4 aromatic carbocycles. The summed E-state index contributed by atoms with van der Waals surface area (Å²) in [7, 11) is 0. The van der Waals surface area contributed by atoms with Gasteiger partial charge in [-0.25, -0.2) is 17.6 Å². The molecule has 0 aliphatic rings. The van der Waals surface area contributed by atoms with Crippen LogP contribution in [-0.2, 0) is 0 Å². The molecule has 33 heavy (non-hydrogen) atoms. The standard InChI is InChI=1S/C24H12BrF4IOS2/c25-13-1-3-14(4-2-13)31-15-5-7-16(8-6-15)32-23-11-19(28)20(29)12-24(23)33-22-10-18(27)17(26)9-21(22)30/h1-12H. The maximum atomic E-state index is 14.0. The van der Waals surface area contributed by atoms with E-state index in [-0.39, 0.29) is 0 Å². The van der Waals surface area contributed by atoms with Crippen molar-refractivity contribution in [3.63, 3.8) is 0 Å². The number of hydrogen-bond donors (Lipinski definition) is 0. The second kappa shape index (κ2) is 10.7. The maximum absolute atomic E-state index is 14.0. The Labute approximate surface area is 218 Å². The minimum absolute atomic E-state index is 0.387. The summed E-state index contributed by atoms with van der Waals surface area (Å²) in [5.74, 6) is -2.67. The summed E-state index contributed by atoms with van der Waals surface area (Å²) in [6.07, 6.45) is 0. The highest BCUT2D eigenvalue weighted by Gasteiger charge is 2.16. The SMILES string of the molecule is Fc1cc(I)c(Sc2cc(F)c(F)cc2Sc2ccc(Oc3ccc(Br)cc3)cc2)cc1F. The fourth-order valence-corrected chi connectivity index (χ4v) is 5.71. The van der Waals surface area contributed by atoms with Gasteiger partial charge in [-0.05, 0) is 95.4 Å². The predicted molar refractivity (Wildman–Crippen MR) is 134 cm³/mol. The molecule has 0 N–H and O–H groups in total. The van der Waals surface area contributed by atoms with Crippen LogP contribution in [0.3, 0.4) is 0 Å². The quantitative estimate of drug-likeness (QED) is 0.116. The van der Waals surface area contributed by atoms with Gasteiger partial charge in [0.05, 0.1) is 0 Å². The zero-order valence-corrected chi connectivity index (χ0v) is 21.8. The lowest BCUT2D eigenvalue weighted by Gasteiger charge is -2.12. The summed E-state index contributed by atoms with van der Waals surface area (Å²) < 4.78 is 62.4. The van der Waals surface area contributed by atoms with Gasteiger partial charge in [-0.2, -0.15) is 0 Å². The van der Waals surface area contributed by atoms with Crippen LogP contribution in [0.5, 0.6) is 11.5 Å². The molecule has 0 spiro atoms. The van der Waals surface area contributed by atoms with Crippen LogP contribution in [0.2, 0.25) is 0 Å². The first kappa shape index (κ1) is 24.4. The fraction of sp³-hybridized carbons (Fsp3) is 0. The summed E-state index contributed by atoms with van der Waals surface area (Å²) in [6.45, 7) is 0. The van der Waals surface area contributed by atoms with Gasteiger partial charge < -0.3 is 4.74 Å². The molecular formula is C24H12BrF4IOS2.